The Morgan fingerprint density at radius 1 is 1.28 bits per heavy atom. The number of carbonyl (C=O) groups excluding carboxylic acids is 1. The van der Waals surface area contributed by atoms with Crippen LogP contribution >= 0.6 is 0 Å². The van der Waals surface area contributed by atoms with Crippen molar-refractivity contribution in [2.45, 2.75) is 31.7 Å². The van der Waals surface area contributed by atoms with E-state index in [0.29, 0.717) is 28.8 Å². The number of para-hydroxylation sites is 1. The third-order valence-corrected chi connectivity index (χ3v) is 6.02. The lowest BCUT2D eigenvalue weighted by Crippen LogP contribution is -2.46. The summed E-state index contributed by atoms with van der Waals surface area (Å²) in [6, 6.07) is 15.5. The van der Waals surface area contributed by atoms with Gasteiger partial charge in [0.2, 0.25) is 17.7 Å². The van der Waals surface area contributed by atoms with E-state index in [-0.39, 0.29) is 35.6 Å². The van der Waals surface area contributed by atoms with Crippen molar-refractivity contribution in [3.63, 3.8) is 0 Å². The number of fused-ring (bicyclic) bond motifs is 4. The number of nitrogens with two attached hydrogens (primary N) is 1. The molecule has 1 spiro atoms. The van der Waals surface area contributed by atoms with Crippen LogP contribution < -0.4 is 15.4 Å². The first-order valence-electron chi connectivity index (χ1n) is 10.3. The summed E-state index contributed by atoms with van der Waals surface area (Å²) in [4.78, 5) is 15.8. The number of amides is 1. The summed E-state index contributed by atoms with van der Waals surface area (Å²) < 4.78 is 19.5. The fourth-order valence-corrected chi connectivity index (χ4v) is 4.77. The van der Waals surface area contributed by atoms with Crippen LogP contribution in [0, 0.1) is 17.1 Å². The van der Waals surface area contributed by atoms with Crippen molar-refractivity contribution in [2.24, 2.45) is 5.73 Å². The van der Waals surface area contributed by atoms with E-state index in [1.54, 1.807) is 17.0 Å². The summed E-state index contributed by atoms with van der Waals surface area (Å²) in [7, 11) is 0. The third kappa shape index (κ3) is 2.57. The van der Waals surface area contributed by atoms with Crippen LogP contribution in [0.3, 0.4) is 0 Å². The number of rotatable bonds is 4. The number of aromatic amines is 1. The Morgan fingerprint density at radius 3 is 2.84 bits per heavy atom. The summed E-state index contributed by atoms with van der Waals surface area (Å²) in [6.07, 6.45) is 1.42. The van der Waals surface area contributed by atoms with Gasteiger partial charge >= 0.3 is 0 Å². The summed E-state index contributed by atoms with van der Waals surface area (Å²) in [5.74, 6) is -0.677. The first-order valence-corrected chi connectivity index (χ1v) is 10.3. The number of aryl methyl sites for hydroxylation is 1. The number of halogens is 1. The number of benzene rings is 2. The van der Waals surface area contributed by atoms with Gasteiger partial charge in [-0.2, -0.15) is 5.26 Å². The average Bonchev–Trinajstić information content (AvgIpc) is 3.28. The van der Waals surface area contributed by atoms with Gasteiger partial charge in [0.05, 0.1) is 12.1 Å². The maximum Gasteiger partial charge on any atom is 0.248 e. The van der Waals surface area contributed by atoms with Crippen LogP contribution in [0.2, 0.25) is 0 Å². The second-order valence-corrected chi connectivity index (χ2v) is 7.87. The molecule has 3 heterocycles. The van der Waals surface area contributed by atoms with E-state index in [0.717, 1.165) is 12.1 Å². The van der Waals surface area contributed by atoms with Gasteiger partial charge in [0.15, 0.2) is 0 Å². The lowest BCUT2D eigenvalue weighted by Gasteiger charge is -2.32. The number of nitrogens with zero attached hydrogens (tertiary/aromatic N) is 3. The van der Waals surface area contributed by atoms with E-state index in [1.807, 2.05) is 31.2 Å². The van der Waals surface area contributed by atoms with Gasteiger partial charge in [0.25, 0.3) is 0 Å². The molecule has 3 N–H and O–H groups in total. The van der Waals surface area contributed by atoms with Crippen molar-refractivity contribution in [1.29, 1.82) is 5.26 Å². The van der Waals surface area contributed by atoms with Crippen LogP contribution in [-0.2, 0) is 23.2 Å². The number of hydrogen-bond donors (Lipinski definition) is 2. The Balaban J connectivity index is 1.78. The van der Waals surface area contributed by atoms with E-state index < -0.39 is 5.41 Å². The normalized spacial score (nSPS) is 19.0. The molecule has 5 rings (SSSR count). The smallest absolute Gasteiger partial charge is 0.248 e. The molecule has 0 saturated heterocycles. The Morgan fingerprint density at radius 2 is 2.09 bits per heavy atom. The monoisotopic (exact) mass is 429 g/mol. The van der Waals surface area contributed by atoms with Crippen LogP contribution in [0.4, 0.5) is 10.1 Å². The molecular weight excluding hydrogens is 409 g/mol. The average molecular weight is 429 g/mol. The van der Waals surface area contributed by atoms with Crippen LogP contribution in [0.25, 0.3) is 0 Å². The van der Waals surface area contributed by atoms with Gasteiger partial charge in [-0.05, 0) is 30.2 Å². The number of nitrogens with one attached hydrogen (secondary N) is 1. The first-order chi connectivity index (χ1) is 15.5. The molecule has 160 valence electrons. The molecule has 8 heteroatoms. The molecule has 2 aliphatic heterocycles. The highest BCUT2D eigenvalue weighted by Gasteiger charge is 2.60. The van der Waals surface area contributed by atoms with E-state index in [9.17, 15) is 14.4 Å². The fourth-order valence-electron chi connectivity index (χ4n) is 4.77. The Hall–Kier alpha value is -4.12. The maximum atomic E-state index is 14.3. The van der Waals surface area contributed by atoms with Gasteiger partial charge < -0.3 is 15.4 Å². The highest BCUT2D eigenvalue weighted by atomic mass is 19.1. The van der Waals surface area contributed by atoms with Crippen molar-refractivity contribution in [3.8, 4) is 11.9 Å². The molecule has 32 heavy (non-hydrogen) atoms. The molecule has 0 unspecified atom stereocenters. The summed E-state index contributed by atoms with van der Waals surface area (Å²) >= 11 is 0. The predicted octanol–water partition coefficient (Wildman–Crippen LogP) is 3.42. The lowest BCUT2D eigenvalue weighted by molar-refractivity contribution is -0.121. The fraction of sp³-hybridized carbons (Fsp3) is 0.208. The van der Waals surface area contributed by atoms with Crippen LogP contribution in [0.15, 0.2) is 60.0 Å². The van der Waals surface area contributed by atoms with Crippen molar-refractivity contribution in [3.05, 3.63) is 88.2 Å². The number of aromatic nitrogens is 2. The summed E-state index contributed by atoms with van der Waals surface area (Å²) in [5.41, 5.74) is 7.83. The molecule has 3 aromatic rings. The molecule has 7 nitrogen and oxygen atoms in total. The maximum absolute atomic E-state index is 14.3. The number of anilines is 1. The molecular formula is C24H20FN5O2. The molecule has 1 aromatic heterocycles. The van der Waals surface area contributed by atoms with Gasteiger partial charge in [-0.3, -0.25) is 9.89 Å². The van der Waals surface area contributed by atoms with Crippen LogP contribution in [-0.4, -0.2) is 16.1 Å². The molecule has 0 radical (unpaired) electrons. The Bertz CT molecular complexity index is 1320. The van der Waals surface area contributed by atoms with Crippen LogP contribution in [0.5, 0.6) is 5.88 Å². The van der Waals surface area contributed by atoms with Gasteiger partial charge in [-0.25, -0.2) is 4.39 Å². The topological polar surface area (TPSA) is 108 Å². The molecule has 2 aromatic carbocycles. The van der Waals surface area contributed by atoms with Crippen LogP contribution in [0.1, 0.15) is 35.7 Å². The second kappa shape index (κ2) is 7.24. The molecule has 2 aliphatic rings. The molecule has 0 saturated carbocycles. The first kappa shape index (κ1) is 19.8. The van der Waals surface area contributed by atoms with Gasteiger partial charge in [0, 0.05) is 16.9 Å². The summed E-state index contributed by atoms with van der Waals surface area (Å²) in [6.45, 7) is 2.16. The largest absolute Gasteiger partial charge is 0.420 e. The number of H-pyrrole nitrogens is 1. The molecule has 0 bridgehead atoms. The number of hydrogen-bond acceptors (Lipinski definition) is 5. The van der Waals surface area contributed by atoms with Gasteiger partial charge in [-0.15, -0.1) is 5.10 Å². The van der Waals surface area contributed by atoms with Crippen molar-refractivity contribution >= 4 is 11.6 Å². The minimum atomic E-state index is -1.48. The molecule has 1 amide bonds. The summed E-state index contributed by atoms with van der Waals surface area (Å²) in [5, 5.41) is 17.3. The zero-order valence-electron chi connectivity index (χ0n) is 17.4. The Kier molecular flexibility index (Phi) is 4.48. The standard InChI is InChI=1S/C24H20FN5O2/c1-2-6-18-20-22(29-28-18)32-21(27)17(12-26)24(20)16-9-3-4-10-19(16)30(23(24)31)13-14-7-5-8-15(25)11-14/h3-5,7-11H,2,6,13,27H2,1H3,(H,28,29)/t24-/m0/s1. The van der Waals surface area contributed by atoms with E-state index in [1.165, 1.54) is 12.1 Å². The lowest BCUT2D eigenvalue weighted by atomic mass is 9.68. The number of nitriles is 1. The van der Waals surface area contributed by atoms with Crippen molar-refractivity contribution < 1.29 is 13.9 Å². The second-order valence-electron chi connectivity index (χ2n) is 7.87. The molecule has 0 aliphatic carbocycles. The highest BCUT2D eigenvalue weighted by molar-refractivity contribution is 6.14. The van der Waals surface area contributed by atoms with Gasteiger partial charge in [0.1, 0.15) is 22.9 Å². The zero-order valence-corrected chi connectivity index (χ0v) is 17.4. The minimum Gasteiger partial charge on any atom is -0.420 e. The quantitative estimate of drug-likeness (QED) is 0.661. The number of ether oxygens (including phenoxy) is 1. The molecule has 0 fully saturated rings. The third-order valence-electron chi connectivity index (χ3n) is 6.02. The number of carbonyl (C=O) groups is 1. The van der Waals surface area contributed by atoms with E-state index in [4.69, 9.17) is 10.5 Å². The van der Waals surface area contributed by atoms with Crippen molar-refractivity contribution in [2.75, 3.05) is 4.90 Å². The van der Waals surface area contributed by atoms with E-state index >= 15 is 0 Å². The minimum absolute atomic E-state index is 0.0305. The predicted molar refractivity (Wildman–Crippen MR) is 115 cm³/mol. The van der Waals surface area contributed by atoms with Gasteiger partial charge in [-0.1, -0.05) is 43.7 Å². The SMILES string of the molecule is CCCc1[nH]nc2c1[C@@]1(C(=O)N(Cc3cccc(F)c3)c3ccccc31)C(C#N)=C(N)O2. The van der Waals surface area contributed by atoms with E-state index in [2.05, 4.69) is 16.3 Å². The molecule has 1 atom stereocenters. The highest BCUT2D eigenvalue weighted by Crippen LogP contribution is 2.56. The van der Waals surface area contributed by atoms with Crippen molar-refractivity contribution in [1.82, 2.24) is 10.2 Å². The zero-order chi connectivity index (χ0) is 22.5. The Labute approximate surface area is 183 Å².